The summed E-state index contributed by atoms with van der Waals surface area (Å²) in [4.78, 5) is 4.50. The minimum absolute atomic E-state index is 0.221. The fourth-order valence-corrected chi connectivity index (χ4v) is 3.10. The Balaban J connectivity index is 1.86. The summed E-state index contributed by atoms with van der Waals surface area (Å²) >= 11 is 1.71. The minimum Gasteiger partial charge on any atom is -0.508 e. The zero-order chi connectivity index (χ0) is 13.9. The maximum absolute atomic E-state index is 9.34. The Hall–Kier alpha value is -1.91. The molecule has 0 radical (unpaired) electrons. The molecule has 102 valence electrons. The molecule has 0 aliphatic rings. The number of phenolic OH excluding ortho intramolecular Hbond substituents is 1. The van der Waals surface area contributed by atoms with Crippen molar-refractivity contribution in [3.63, 3.8) is 0 Å². The Morgan fingerprint density at radius 1 is 1.25 bits per heavy atom. The van der Waals surface area contributed by atoms with E-state index in [4.69, 9.17) is 0 Å². The number of hydrogen-bond acceptors (Lipinski definition) is 4. The summed E-state index contributed by atoms with van der Waals surface area (Å²) in [5.74, 6) is 0.302. The lowest BCUT2D eigenvalue weighted by Gasteiger charge is -2.16. The summed E-state index contributed by atoms with van der Waals surface area (Å²) in [5, 5.41) is 14.7. The van der Waals surface area contributed by atoms with Gasteiger partial charge in [0.2, 0.25) is 0 Å². The SMILES string of the molecule is CNC(Cc1ccc(O)cc1)c1cnc2ccsc2c1. The van der Waals surface area contributed by atoms with Crippen molar-refractivity contribution in [3.05, 3.63) is 59.1 Å². The van der Waals surface area contributed by atoms with Crippen molar-refractivity contribution in [1.29, 1.82) is 0 Å². The third-order valence-electron chi connectivity index (χ3n) is 3.45. The first-order valence-electron chi connectivity index (χ1n) is 6.54. The van der Waals surface area contributed by atoms with E-state index in [1.165, 1.54) is 15.8 Å². The molecule has 4 heteroatoms. The molecule has 20 heavy (non-hydrogen) atoms. The quantitative estimate of drug-likeness (QED) is 0.770. The highest BCUT2D eigenvalue weighted by atomic mass is 32.1. The maximum Gasteiger partial charge on any atom is 0.115 e. The number of phenols is 1. The van der Waals surface area contributed by atoms with Crippen LogP contribution in [0.15, 0.2) is 48.0 Å². The molecule has 0 amide bonds. The van der Waals surface area contributed by atoms with Gasteiger partial charge in [-0.05, 0) is 54.2 Å². The van der Waals surface area contributed by atoms with E-state index in [9.17, 15) is 5.11 Å². The van der Waals surface area contributed by atoms with E-state index in [1.807, 2.05) is 31.4 Å². The van der Waals surface area contributed by atoms with Crippen LogP contribution in [0.1, 0.15) is 17.2 Å². The van der Waals surface area contributed by atoms with Crippen LogP contribution in [0, 0.1) is 0 Å². The first-order chi connectivity index (χ1) is 9.76. The van der Waals surface area contributed by atoms with Crippen molar-refractivity contribution in [2.45, 2.75) is 12.5 Å². The van der Waals surface area contributed by atoms with Crippen LogP contribution in [0.25, 0.3) is 10.2 Å². The number of nitrogens with one attached hydrogen (secondary N) is 1. The van der Waals surface area contributed by atoms with Gasteiger partial charge in [-0.1, -0.05) is 12.1 Å². The smallest absolute Gasteiger partial charge is 0.115 e. The number of nitrogens with zero attached hydrogens (tertiary/aromatic N) is 1. The molecule has 1 atom stereocenters. The molecule has 3 nitrogen and oxygen atoms in total. The molecule has 1 aromatic carbocycles. The van der Waals surface area contributed by atoms with Crippen LogP contribution in [0.4, 0.5) is 0 Å². The van der Waals surface area contributed by atoms with Crippen LogP contribution >= 0.6 is 11.3 Å². The molecule has 2 heterocycles. The van der Waals surface area contributed by atoms with Crippen molar-refractivity contribution in [2.24, 2.45) is 0 Å². The van der Waals surface area contributed by atoms with E-state index in [2.05, 4.69) is 21.7 Å². The fraction of sp³-hybridized carbons (Fsp3) is 0.188. The first kappa shape index (κ1) is 13.1. The number of rotatable bonds is 4. The van der Waals surface area contributed by atoms with Gasteiger partial charge in [-0.15, -0.1) is 11.3 Å². The number of hydrogen-bond donors (Lipinski definition) is 2. The normalized spacial score (nSPS) is 12.7. The van der Waals surface area contributed by atoms with Crippen molar-refractivity contribution < 1.29 is 5.11 Å². The van der Waals surface area contributed by atoms with Gasteiger partial charge in [-0.2, -0.15) is 0 Å². The number of benzene rings is 1. The molecule has 3 rings (SSSR count). The summed E-state index contributed by atoms with van der Waals surface area (Å²) in [5.41, 5.74) is 3.43. The van der Waals surface area contributed by atoms with Gasteiger partial charge < -0.3 is 10.4 Å². The van der Waals surface area contributed by atoms with E-state index in [0.717, 1.165) is 11.9 Å². The van der Waals surface area contributed by atoms with Crippen molar-refractivity contribution in [1.82, 2.24) is 10.3 Å². The van der Waals surface area contributed by atoms with Gasteiger partial charge in [0.05, 0.1) is 10.2 Å². The molecule has 0 fully saturated rings. The van der Waals surface area contributed by atoms with Gasteiger partial charge in [-0.3, -0.25) is 4.98 Å². The molecule has 0 bridgehead atoms. The summed E-state index contributed by atoms with van der Waals surface area (Å²) in [6.07, 6.45) is 2.81. The molecule has 0 aliphatic heterocycles. The lowest BCUT2D eigenvalue weighted by Crippen LogP contribution is -2.18. The van der Waals surface area contributed by atoms with E-state index < -0.39 is 0 Å². The summed E-state index contributed by atoms with van der Waals surface area (Å²) < 4.78 is 1.22. The van der Waals surface area contributed by atoms with Crippen LogP contribution in [0.5, 0.6) is 5.75 Å². The number of likely N-dealkylation sites (N-methyl/N-ethyl adjacent to an activating group) is 1. The molecule has 2 N–H and O–H groups in total. The number of fused-ring (bicyclic) bond motifs is 1. The summed E-state index contributed by atoms with van der Waals surface area (Å²) in [6.45, 7) is 0. The van der Waals surface area contributed by atoms with Gasteiger partial charge >= 0.3 is 0 Å². The zero-order valence-electron chi connectivity index (χ0n) is 11.2. The third-order valence-corrected chi connectivity index (χ3v) is 4.30. The van der Waals surface area contributed by atoms with Crippen LogP contribution in [-0.2, 0) is 6.42 Å². The standard InChI is InChI=1S/C16H16N2OS/c1-17-15(8-11-2-4-13(19)5-3-11)12-9-16-14(18-10-12)6-7-20-16/h2-7,9-10,15,17,19H,8H2,1H3. The number of pyridine rings is 1. The lowest BCUT2D eigenvalue weighted by molar-refractivity contribution is 0.475. The zero-order valence-corrected chi connectivity index (χ0v) is 12.0. The third kappa shape index (κ3) is 2.66. The highest BCUT2D eigenvalue weighted by Crippen LogP contribution is 2.25. The van der Waals surface area contributed by atoms with Gasteiger partial charge in [0.1, 0.15) is 5.75 Å². The molecular formula is C16H16N2OS. The second kappa shape index (κ2) is 5.61. The van der Waals surface area contributed by atoms with Gasteiger partial charge in [0, 0.05) is 12.2 Å². The number of thiophene rings is 1. The van der Waals surface area contributed by atoms with Crippen LogP contribution in [0.3, 0.4) is 0 Å². The average Bonchev–Trinajstić information content (AvgIpc) is 2.94. The Labute approximate surface area is 121 Å². The summed E-state index contributed by atoms with van der Waals surface area (Å²) in [6, 6.07) is 11.8. The molecule has 3 aromatic rings. The van der Waals surface area contributed by atoms with E-state index in [1.54, 1.807) is 23.5 Å². The van der Waals surface area contributed by atoms with Gasteiger partial charge in [0.15, 0.2) is 0 Å². The molecule has 0 spiro atoms. The van der Waals surface area contributed by atoms with Gasteiger partial charge in [0.25, 0.3) is 0 Å². The lowest BCUT2D eigenvalue weighted by atomic mass is 10.0. The topological polar surface area (TPSA) is 45.1 Å². The van der Waals surface area contributed by atoms with Crippen LogP contribution < -0.4 is 5.32 Å². The predicted molar refractivity (Wildman–Crippen MR) is 83.2 cm³/mol. The Kier molecular flexibility index (Phi) is 3.67. The predicted octanol–water partition coefficient (Wildman–Crippen LogP) is 3.51. The van der Waals surface area contributed by atoms with Crippen LogP contribution in [-0.4, -0.2) is 17.1 Å². The largest absolute Gasteiger partial charge is 0.508 e. The highest BCUT2D eigenvalue weighted by Gasteiger charge is 2.11. The summed E-state index contributed by atoms with van der Waals surface area (Å²) in [7, 11) is 1.96. The fourth-order valence-electron chi connectivity index (χ4n) is 2.31. The van der Waals surface area contributed by atoms with E-state index in [-0.39, 0.29) is 6.04 Å². The average molecular weight is 284 g/mol. The number of aromatic nitrogens is 1. The van der Waals surface area contributed by atoms with Crippen molar-refractivity contribution in [2.75, 3.05) is 7.05 Å². The molecule has 1 unspecified atom stereocenters. The minimum atomic E-state index is 0.221. The van der Waals surface area contributed by atoms with Crippen LogP contribution in [0.2, 0.25) is 0 Å². The molecular weight excluding hydrogens is 268 g/mol. The van der Waals surface area contributed by atoms with Crippen molar-refractivity contribution >= 4 is 21.6 Å². The number of aromatic hydroxyl groups is 1. The van der Waals surface area contributed by atoms with Crippen molar-refractivity contribution in [3.8, 4) is 5.75 Å². The molecule has 0 saturated heterocycles. The Morgan fingerprint density at radius 3 is 2.80 bits per heavy atom. The van der Waals surface area contributed by atoms with E-state index >= 15 is 0 Å². The van der Waals surface area contributed by atoms with E-state index in [0.29, 0.717) is 5.75 Å². The second-order valence-electron chi connectivity index (χ2n) is 4.78. The molecule has 2 aromatic heterocycles. The highest BCUT2D eigenvalue weighted by molar-refractivity contribution is 7.17. The first-order valence-corrected chi connectivity index (χ1v) is 7.42. The molecule has 0 aliphatic carbocycles. The van der Waals surface area contributed by atoms with Gasteiger partial charge in [-0.25, -0.2) is 0 Å². The second-order valence-corrected chi connectivity index (χ2v) is 5.73. The maximum atomic E-state index is 9.34. The Bertz CT molecular complexity index is 706. The monoisotopic (exact) mass is 284 g/mol. The Morgan fingerprint density at radius 2 is 2.05 bits per heavy atom. The molecule has 0 saturated carbocycles.